The highest BCUT2D eigenvalue weighted by atomic mass is 32.2. The van der Waals surface area contributed by atoms with E-state index in [1.54, 1.807) is 23.1 Å². The number of likely N-dealkylation sites (tertiary alicyclic amines) is 1. The Morgan fingerprint density at radius 2 is 1.96 bits per heavy atom. The number of piperidine rings is 1. The smallest absolute Gasteiger partial charge is 0.243 e. The summed E-state index contributed by atoms with van der Waals surface area (Å²) in [7, 11) is -2.31. The van der Waals surface area contributed by atoms with Crippen molar-refractivity contribution in [2.24, 2.45) is 5.92 Å². The monoisotopic (exact) mass is 367 g/mol. The van der Waals surface area contributed by atoms with Crippen LogP contribution in [-0.2, 0) is 19.6 Å². The second kappa shape index (κ2) is 8.44. The molecule has 1 fully saturated rings. The van der Waals surface area contributed by atoms with Crippen molar-refractivity contribution in [2.45, 2.75) is 24.7 Å². The summed E-state index contributed by atoms with van der Waals surface area (Å²) in [6.07, 6.45) is 1.48. The first kappa shape index (κ1) is 19.4. The average Bonchev–Trinajstić information content (AvgIpc) is 2.62. The van der Waals surface area contributed by atoms with Gasteiger partial charge in [-0.15, -0.1) is 0 Å². The molecule has 1 N–H and O–H groups in total. The number of rotatable bonds is 6. The van der Waals surface area contributed by atoms with Crippen molar-refractivity contribution >= 4 is 21.8 Å². The third-order valence-corrected chi connectivity index (χ3v) is 6.12. The van der Waals surface area contributed by atoms with Gasteiger partial charge in [-0.2, -0.15) is 4.31 Å². The Kier molecular flexibility index (Phi) is 6.55. The summed E-state index contributed by atoms with van der Waals surface area (Å²) >= 11 is 0. The summed E-state index contributed by atoms with van der Waals surface area (Å²) in [5, 5.41) is 2.78. The molecular formula is C17H25N3O4S. The molecule has 0 saturated carbocycles. The fourth-order valence-electron chi connectivity index (χ4n) is 2.88. The Bertz CT molecular complexity index is 706. The van der Waals surface area contributed by atoms with Crippen molar-refractivity contribution in [2.75, 3.05) is 33.2 Å². The van der Waals surface area contributed by atoms with E-state index in [2.05, 4.69) is 5.32 Å². The Hall–Kier alpha value is -1.93. The Morgan fingerprint density at radius 1 is 1.28 bits per heavy atom. The van der Waals surface area contributed by atoms with Gasteiger partial charge in [0.15, 0.2) is 0 Å². The Balaban J connectivity index is 2.00. The van der Waals surface area contributed by atoms with Gasteiger partial charge in [0, 0.05) is 26.7 Å². The predicted molar refractivity (Wildman–Crippen MR) is 94.2 cm³/mol. The minimum atomic E-state index is -3.70. The number of likely N-dealkylation sites (N-methyl/N-ethyl adjacent to an activating group) is 1. The molecule has 25 heavy (non-hydrogen) atoms. The lowest BCUT2D eigenvalue weighted by Gasteiger charge is -2.33. The van der Waals surface area contributed by atoms with E-state index in [9.17, 15) is 18.0 Å². The van der Waals surface area contributed by atoms with E-state index < -0.39 is 10.0 Å². The molecule has 138 valence electrons. The highest BCUT2D eigenvalue weighted by molar-refractivity contribution is 7.89. The van der Waals surface area contributed by atoms with Crippen LogP contribution in [0.2, 0.25) is 0 Å². The first-order valence-electron chi connectivity index (χ1n) is 8.43. The molecule has 1 aromatic rings. The van der Waals surface area contributed by atoms with Crippen LogP contribution in [0.25, 0.3) is 0 Å². The minimum Gasteiger partial charge on any atom is -0.356 e. The van der Waals surface area contributed by atoms with Gasteiger partial charge < -0.3 is 10.2 Å². The normalized spacial score (nSPS) is 18.2. The van der Waals surface area contributed by atoms with E-state index in [4.69, 9.17) is 0 Å². The fraction of sp³-hybridized carbons (Fsp3) is 0.529. The summed E-state index contributed by atoms with van der Waals surface area (Å²) < 4.78 is 26.1. The molecule has 0 aromatic heterocycles. The zero-order chi connectivity index (χ0) is 18.4. The number of carbonyl (C=O) groups is 2. The average molecular weight is 367 g/mol. The first-order valence-corrected chi connectivity index (χ1v) is 9.87. The molecule has 7 nitrogen and oxygen atoms in total. The molecule has 0 spiro atoms. The molecule has 1 unspecified atom stereocenters. The number of amides is 2. The summed E-state index contributed by atoms with van der Waals surface area (Å²) in [4.78, 5) is 26.2. The van der Waals surface area contributed by atoms with Gasteiger partial charge >= 0.3 is 0 Å². The molecule has 1 aliphatic rings. The summed E-state index contributed by atoms with van der Waals surface area (Å²) in [6.45, 7) is 3.06. The highest BCUT2D eigenvalue weighted by Gasteiger charge is 2.30. The van der Waals surface area contributed by atoms with Crippen LogP contribution in [0.3, 0.4) is 0 Å². The van der Waals surface area contributed by atoms with Gasteiger partial charge in [0.25, 0.3) is 0 Å². The quantitative estimate of drug-likeness (QED) is 0.801. The Morgan fingerprint density at radius 3 is 2.60 bits per heavy atom. The van der Waals surface area contributed by atoms with Crippen molar-refractivity contribution in [1.29, 1.82) is 0 Å². The van der Waals surface area contributed by atoms with E-state index in [0.717, 1.165) is 17.1 Å². The van der Waals surface area contributed by atoms with Crippen LogP contribution < -0.4 is 5.32 Å². The van der Waals surface area contributed by atoms with Gasteiger partial charge in [-0.25, -0.2) is 8.42 Å². The molecule has 1 saturated heterocycles. The first-order chi connectivity index (χ1) is 11.9. The maximum absolute atomic E-state index is 12.5. The van der Waals surface area contributed by atoms with Crippen LogP contribution in [0.4, 0.5) is 0 Å². The van der Waals surface area contributed by atoms with Gasteiger partial charge in [-0.05, 0) is 31.9 Å². The lowest BCUT2D eigenvalue weighted by Crippen LogP contribution is -2.48. The number of hydrogen-bond donors (Lipinski definition) is 1. The summed E-state index contributed by atoms with van der Waals surface area (Å²) in [5.74, 6) is -0.560. The van der Waals surface area contributed by atoms with Crippen molar-refractivity contribution in [1.82, 2.24) is 14.5 Å². The molecule has 0 radical (unpaired) electrons. The molecule has 0 bridgehead atoms. The largest absolute Gasteiger partial charge is 0.356 e. The van der Waals surface area contributed by atoms with Crippen LogP contribution in [-0.4, -0.2) is 62.7 Å². The fourth-order valence-corrected chi connectivity index (χ4v) is 4.03. The maximum atomic E-state index is 12.5. The minimum absolute atomic E-state index is 0.0507. The predicted octanol–water partition coefficient (Wildman–Crippen LogP) is 0.682. The van der Waals surface area contributed by atoms with Crippen LogP contribution in [0, 0.1) is 5.92 Å². The van der Waals surface area contributed by atoms with Crippen molar-refractivity contribution in [3.63, 3.8) is 0 Å². The lowest BCUT2D eigenvalue weighted by molar-refractivity contribution is -0.135. The van der Waals surface area contributed by atoms with E-state index in [1.165, 1.54) is 19.2 Å². The number of sulfonamides is 1. The molecule has 0 aliphatic carbocycles. The number of carbonyl (C=O) groups excluding carboxylic acids is 2. The summed E-state index contributed by atoms with van der Waals surface area (Å²) in [6, 6.07) is 8.03. The SMILES string of the molecule is CCNC(=O)C1CCCN(C(=O)CN(C)S(=O)(=O)c2ccccc2)C1. The standard InChI is InChI=1S/C17H25N3O4S/c1-3-18-17(22)14-8-7-11-20(12-14)16(21)13-19(2)25(23,24)15-9-5-4-6-10-15/h4-6,9-10,14H,3,7-8,11-13H2,1-2H3,(H,18,22). The number of benzene rings is 1. The Labute approximate surface area is 149 Å². The second-order valence-corrected chi connectivity index (χ2v) is 8.19. The topological polar surface area (TPSA) is 86.8 Å². The molecule has 1 heterocycles. The molecule has 2 amide bonds. The van der Waals surface area contributed by atoms with Gasteiger partial charge in [-0.1, -0.05) is 18.2 Å². The van der Waals surface area contributed by atoms with E-state index in [1.807, 2.05) is 6.92 Å². The van der Waals surface area contributed by atoms with Gasteiger partial charge in [0.05, 0.1) is 17.4 Å². The van der Waals surface area contributed by atoms with Crippen LogP contribution in [0.5, 0.6) is 0 Å². The van der Waals surface area contributed by atoms with Gasteiger partial charge in [0.1, 0.15) is 0 Å². The second-order valence-electron chi connectivity index (χ2n) is 6.15. The third kappa shape index (κ3) is 4.79. The molecule has 1 aromatic carbocycles. The molecule has 8 heteroatoms. The zero-order valence-corrected chi connectivity index (χ0v) is 15.5. The maximum Gasteiger partial charge on any atom is 0.243 e. The van der Waals surface area contributed by atoms with Crippen LogP contribution in [0.1, 0.15) is 19.8 Å². The van der Waals surface area contributed by atoms with Crippen LogP contribution in [0.15, 0.2) is 35.2 Å². The van der Waals surface area contributed by atoms with Gasteiger partial charge in [-0.3, -0.25) is 9.59 Å². The third-order valence-electron chi connectivity index (χ3n) is 4.31. The van der Waals surface area contributed by atoms with E-state index >= 15 is 0 Å². The van der Waals surface area contributed by atoms with Crippen molar-refractivity contribution in [3.05, 3.63) is 30.3 Å². The summed E-state index contributed by atoms with van der Waals surface area (Å²) in [5.41, 5.74) is 0. The van der Waals surface area contributed by atoms with Crippen LogP contribution >= 0.6 is 0 Å². The molecule has 1 atom stereocenters. The number of nitrogens with zero attached hydrogens (tertiary/aromatic N) is 2. The van der Waals surface area contributed by atoms with E-state index in [0.29, 0.717) is 19.6 Å². The van der Waals surface area contributed by atoms with Gasteiger partial charge in [0.2, 0.25) is 21.8 Å². The number of hydrogen-bond acceptors (Lipinski definition) is 4. The zero-order valence-electron chi connectivity index (χ0n) is 14.6. The molecular weight excluding hydrogens is 342 g/mol. The number of nitrogens with one attached hydrogen (secondary N) is 1. The van der Waals surface area contributed by atoms with E-state index in [-0.39, 0.29) is 29.2 Å². The highest BCUT2D eigenvalue weighted by Crippen LogP contribution is 2.18. The molecule has 2 rings (SSSR count). The molecule has 1 aliphatic heterocycles. The van der Waals surface area contributed by atoms with Crippen molar-refractivity contribution < 1.29 is 18.0 Å². The lowest BCUT2D eigenvalue weighted by atomic mass is 9.97. The van der Waals surface area contributed by atoms with Crippen molar-refractivity contribution in [3.8, 4) is 0 Å².